The van der Waals surface area contributed by atoms with E-state index in [4.69, 9.17) is 9.88 Å². The first-order chi connectivity index (χ1) is 7.47. The Kier molecular flexibility index (Phi) is 2.69. The maximum Gasteiger partial charge on any atom is 0.314 e. The Labute approximate surface area is 93.3 Å². The van der Waals surface area contributed by atoms with Gasteiger partial charge in [0.05, 0.1) is 10.8 Å². The Hall–Kier alpha value is -1.40. The summed E-state index contributed by atoms with van der Waals surface area (Å²) < 4.78 is 27.1. The van der Waals surface area contributed by atoms with Crippen LogP contribution in [0.15, 0.2) is 29.2 Å². The topological polar surface area (TPSA) is 86.5 Å². The fraction of sp³-hybridized carbons (Fsp3) is 0.300. The zero-order valence-electron chi connectivity index (χ0n) is 8.42. The lowest BCUT2D eigenvalue weighted by Crippen LogP contribution is -2.13. The van der Waals surface area contributed by atoms with Crippen LogP contribution in [0, 0.1) is 5.92 Å². The van der Waals surface area contributed by atoms with Crippen molar-refractivity contribution in [3.63, 3.8) is 0 Å². The van der Waals surface area contributed by atoms with E-state index in [2.05, 4.69) is 0 Å². The maximum absolute atomic E-state index is 11.3. The number of carbonyl (C=O) groups is 1. The van der Waals surface area contributed by atoms with Crippen LogP contribution in [0.4, 0.5) is 0 Å². The number of nitrogens with two attached hydrogens (primary N) is 1. The third kappa shape index (κ3) is 2.59. The lowest BCUT2D eigenvalue weighted by atomic mass is 10.3. The van der Waals surface area contributed by atoms with E-state index in [1.54, 1.807) is 0 Å². The van der Waals surface area contributed by atoms with Gasteiger partial charge in [-0.3, -0.25) is 4.79 Å². The Balaban J connectivity index is 2.19. The van der Waals surface area contributed by atoms with Gasteiger partial charge < -0.3 is 4.74 Å². The number of hydrogen-bond donors (Lipinski definition) is 1. The lowest BCUT2D eigenvalue weighted by molar-refractivity contribution is -0.135. The van der Waals surface area contributed by atoms with Crippen LogP contribution in [-0.2, 0) is 14.8 Å². The van der Waals surface area contributed by atoms with Crippen molar-refractivity contribution in [1.29, 1.82) is 0 Å². The van der Waals surface area contributed by atoms with Gasteiger partial charge in [0.25, 0.3) is 0 Å². The van der Waals surface area contributed by atoms with Crippen LogP contribution in [0.3, 0.4) is 0 Å². The predicted octanol–water partition coefficient (Wildman–Crippen LogP) is 0.649. The Morgan fingerprint density at radius 1 is 1.38 bits per heavy atom. The molecule has 1 aliphatic carbocycles. The molecule has 0 spiro atoms. The van der Waals surface area contributed by atoms with Crippen LogP contribution in [-0.4, -0.2) is 14.4 Å². The SMILES string of the molecule is NS(=O)(=O)c1cccc(OC(=O)C2CC2)c1. The number of sulfonamides is 1. The van der Waals surface area contributed by atoms with E-state index in [-0.39, 0.29) is 22.5 Å². The number of carbonyl (C=O) groups excluding carboxylic acids is 1. The second-order valence-electron chi connectivity index (χ2n) is 3.72. The van der Waals surface area contributed by atoms with Crippen LogP contribution in [0.2, 0.25) is 0 Å². The minimum Gasteiger partial charge on any atom is -0.426 e. The second-order valence-corrected chi connectivity index (χ2v) is 5.28. The average molecular weight is 241 g/mol. The predicted molar refractivity (Wildman–Crippen MR) is 56.2 cm³/mol. The summed E-state index contributed by atoms with van der Waals surface area (Å²) >= 11 is 0. The highest BCUT2D eigenvalue weighted by atomic mass is 32.2. The Morgan fingerprint density at radius 3 is 2.62 bits per heavy atom. The van der Waals surface area contributed by atoms with E-state index >= 15 is 0 Å². The number of primary sulfonamides is 1. The molecule has 0 aliphatic heterocycles. The Morgan fingerprint density at radius 2 is 2.06 bits per heavy atom. The average Bonchev–Trinajstić information content (AvgIpc) is 2.99. The van der Waals surface area contributed by atoms with Crippen molar-refractivity contribution < 1.29 is 17.9 Å². The van der Waals surface area contributed by atoms with Crippen LogP contribution < -0.4 is 9.88 Å². The van der Waals surface area contributed by atoms with Gasteiger partial charge in [-0.2, -0.15) is 0 Å². The van der Waals surface area contributed by atoms with Crippen molar-refractivity contribution in [3.8, 4) is 5.75 Å². The minimum absolute atomic E-state index is 0.0295. The number of ether oxygens (including phenoxy) is 1. The molecule has 6 heteroatoms. The molecule has 0 radical (unpaired) electrons. The Bertz CT molecular complexity index is 519. The molecule has 0 amide bonds. The molecule has 5 nitrogen and oxygen atoms in total. The second kappa shape index (κ2) is 3.88. The fourth-order valence-electron chi connectivity index (χ4n) is 1.23. The summed E-state index contributed by atoms with van der Waals surface area (Å²) in [5.41, 5.74) is 0. The molecule has 1 aromatic carbocycles. The first kappa shape index (κ1) is 11.1. The minimum atomic E-state index is -3.76. The van der Waals surface area contributed by atoms with Gasteiger partial charge in [0, 0.05) is 6.07 Å². The summed E-state index contributed by atoms with van der Waals surface area (Å²) in [6, 6.07) is 5.60. The molecule has 2 rings (SSSR count). The molecule has 0 heterocycles. The number of rotatable bonds is 3. The molecule has 2 N–H and O–H groups in total. The monoisotopic (exact) mass is 241 g/mol. The first-order valence-electron chi connectivity index (χ1n) is 4.81. The van der Waals surface area contributed by atoms with E-state index in [0.717, 1.165) is 12.8 Å². The molecule has 1 fully saturated rings. The van der Waals surface area contributed by atoms with Crippen molar-refractivity contribution in [1.82, 2.24) is 0 Å². The van der Waals surface area contributed by atoms with Gasteiger partial charge in [-0.1, -0.05) is 6.07 Å². The molecule has 0 aromatic heterocycles. The van der Waals surface area contributed by atoms with Gasteiger partial charge in [-0.25, -0.2) is 13.6 Å². The number of hydrogen-bond acceptors (Lipinski definition) is 4. The van der Waals surface area contributed by atoms with E-state index in [1.807, 2.05) is 0 Å². The highest BCUT2D eigenvalue weighted by Crippen LogP contribution is 2.31. The van der Waals surface area contributed by atoms with Crippen molar-refractivity contribution in [3.05, 3.63) is 24.3 Å². The third-order valence-corrected chi connectivity index (χ3v) is 3.17. The third-order valence-electron chi connectivity index (χ3n) is 2.26. The summed E-state index contributed by atoms with van der Waals surface area (Å²) in [7, 11) is -3.76. The smallest absolute Gasteiger partial charge is 0.314 e. The summed E-state index contributed by atoms with van der Waals surface area (Å²) in [6.07, 6.45) is 1.68. The number of benzene rings is 1. The standard InChI is InChI=1S/C10H11NO4S/c11-16(13,14)9-3-1-2-8(6-9)15-10(12)7-4-5-7/h1-3,6-7H,4-5H2,(H2,11,13,14). The van der Waals surface area contributed by atoms with E-state index in [9.17, 15) is 13.2 Å². The highest BCUT2D eigenvalue weighted by Gasteiger charge is 2.31. The summed E-state index contributed by atoms with van der Waals surface area (Å²) in [5.74, 6) is -0.131. The lowest BCUT2D eigenvalue weighted by Gasteiger charge is -2.04. The van der Waals surface area contributed by atoms with Crippen molar-refractivity contribution in [2.75, 3.05) is 0 Å². The largest absolute Gasteiger partial charge is 0.426 e. The molecular weight excluding hydrogens is 230 g/mol. The van der Waals surface area contributed by atoms with Crippen LogP contribution >= 0.6 is 0 Å². The van der Waals surface area contributed by atoms with Gasteiger partial charge in [0.15, 0.2) is 0 Å². The van der Waals surface area contributed by atoms with Gasteiger partial charge in [-0.05, 0) is 25.0 Å². The van der Waals surface area contributed by atoms with Gasteiger partial charge in [0.2, 0.25) is 10.0 Å². The van der Waals surface area contributed by atoms with E-state index in [0.29, 0.717) is 0 Å². The van der Waals surface area contributed by atoms with Crippen LogP contribution in [0.5, 0.6) is 5.75 Å². The van der Waals surface area contributed by atoms with E-state index in [1.165, 1.54) is 24.3 Å². The first-order valence-corrected chi connectivity index (χ1v) is 6.36. The van der Waals surface area contributed by atoms with Crippen molar-refractivity contribution >= 4 is 16.0 Å². The number of esters is 1. The normalized spacial score (nSPS) is 15.8. The van der Waals surface area contributed by atoms with Crippen LogP contribution in [0.1, 0.15) is 12.8 Å². The van der Waals surface area contributed by atoms with Gasteiger partial charge in [-0.15, -0.1) is 0 Å². The van der Waals surface area contributed by atoms with Crippen molar-refractivity contribution in [2.24, 2.45) is 11.1 Å². The fourth-order valence-corrected chi connectivity index (χ4v) is 1.78. The summed E-state index contributed by atoms with van der Waals surface area (Å²) in [4.78, 5) is 11.3. The summed E-state index contributed by atoms with van der Waals surface area (Å²) in [6.45, 7) is 0. The van der Waals surface area contributed by atoms with E-state index < -0.39 is 10.0 Å². The van der Waals surface area contributed by atoms with Gasteiger partial charge in [0.1, 0.15) is 5.75 Å². The quantitative estimate of drug-likeness (QED) is 0.621. The van der Waals surface area contributed by atoms with Gasteiger partial charge >= 0.3 is 5.97 Å². The van der Waals surface area contributed by atoms with Crippen LogP contribution in [0.25, 0.3) is 0 Å². The molecule has 16 heavy (non-hydrogen) atoms. The molecule has 0 atom stereocenters. The summed E-state index contributed by atoms with van der Waals surface area (Å²) in [5, 5.41) is 4.96. The molecular formula is C10H11NO4S. The zero-order chi connectivity index (χ0) is 11.8. The highest BCUT2D eigenvalue weighted by molar-refractivity contribution is 7.89. The zero-order valence-corrected chi connectivity index (χ0v) is 9.24. The van der Waals surface area contributed by atoms with Crippen molar-refractivity contribution in [2.45, 2.75) is 17.7 Å². The molecule has 0 bridgehead atoms. The molecule has 0 saturated heterocycles. The maximum atomic E-state index is 11.3. The molecule has 1 aliphatic rings. The molecule has 86 valence electrons. The molecule has 1 aromatic rings. The molecule has 0 unspecified atom stereocenters. The molecule has 1 saturated carbocycles.